The lowest BCUT2D eigenvalue weighted by atomic mass is 9.94. The molecule has 0 aliphatic heterocycles. The highest BCUT2D eigenvalue weighted by Gasteiger charge is 2.26. The largest absolute Gasteiger partial charge is 0.481 e. The van der Waals surface area contributed by atoms with E-state index in [9.17, 15) is 4.79 Å². The predicted molar refractivity (Wildman–Crippen MR) is 77.9 cm³/mol. The lowest BCUT2D eigenvalue weighted by Gasteiger charge is -2.26. The van der Waals surface area contributed by atoms with Crippen LogP contribution in [0.5, 0.6) is 0 Å². The Hall–Kier alpha value is -2.24. The van der Waals surface area contributed by atoms with Gasteiger partial charge < -0.3 is 5.11 Å². The Balaban J connectivity index is 2.10. The Kier molecular flexibility index (Phi) is 4.67. The van der Waals surface area contributed by atoms with Crippen LogP contribution in [-0.2, 0) is 16.8 Å². The van der Waals surface area contributed by atoms with Gasteiger partial charge in [0.25, 0.3) is 0 Å². The number of carbonyl (C=O) groups is 1. The van der Waals surface area contributed by atoms with Crippen molar-refractivity contribution in [3.63, 3.8) is 0 Å². The zero-order chi connectivity index (χ0) is 15.3. The monoisotopic (exact) mass is 288 g/mol. The highest BCUT2D eigenvalue weighted by atomic mass is 16.4. The molecule has 0 bridgehead atoms. The zero-order valence-corrected chi connectivity index (χ0v) is 12.4. The number of benzene rings is 1. The fraction of sp³-hybridized carbons (Fsp3) is 0.467. The molecule has 1 aromatic heterocycles. The molecular weight excluding hydrogens is 268 g/mol. The summed E-state index contributed by atoms with van der Waals surface area (Å²) in [5.74, 6) is 0.0217. The van der Waals surface area contributed by atoms with Crippen molar-refractivity contribution in [3.8, 4) is 0 Å². The van der Waals surface area contributed by atoms with Crippen LogP contribution in [0.15, 0.2) is 30.3 Å². The normalized spacial score (nSPS) is 11.5. The molecule has 0 radical (unpaired) electrons. The van der Waals surface area contributed by atoms with Crippen LogP contribution in [0.3, 0.4) is 0 Å². The van der Waals surface area contributed by atoms with Gasteiger partial charge in [0.1, 0.15) is 0 Å². The summed E-state index contributed by atoms with van der Waals surface area (Å²) in [6.07, 6.45) is 2.26. The summed E-state index contributed by atoms with van der Waals surface area (Å²) in [5, 5.41) is 20.6. The number of nitrogens with zero attached hydrogens (tertiary/aromatic N) is 4. The second-order valence-corrected chi connectivity index (χ2v) is 5.53. The molecule has 6 nitrogen and oxygen atoms in total. The molecule has 0 amide bonds. The number of hydrogen-bond acceptors (Lipinski definition) is 4. The van der Waals surface area contributed by atoms with E-state index in [0.717, 1.165) is 17.8 Å². The first-order valence-electron chi connectivity index (χ1n) is 7.07. The van der Waals surface area contributed by atoms with Gasteiger partial charge in [-0.2, -0.15) is 0 Å². The van der Waals surface area contributed by atoms with Gasteiger partial charge in [-0.1, -0.05) is 30.3 Å². The molecule has 6 heteroatoms. The topological polar surface area (TPSA) is 80.9 Å². The standard InChI is InChI=1S/C15H20N4O2/c1-15(2,12-8-4-3-5-9-12)19-13(16-17-18-19)10-6-7-11-14(20)21/h3-5,8-9H,6-7,10-11H2,1-2H3,(H,20,21). The van der Waals surface area contributed by atoms with Gasteiger partial charge in [0.15, 0.2) is 5.82 Å². The fourth-order valence-corrected chi connectivity index (χ4v) is 2.32. The van der Waals surface area contributed by atoms with Crippen LogP contribution in [0.1, 0.15) is 44.5 Å². The first-order valence-corrected chi connectivity index (χ1v) is 7.07. The van der Waals surface area contributed by atoms with E-state index in [4.69, 9.17) is 5.11 Å². The first-order chi connectivity index (χ1) is 10.0. The number of aryl methyl sites for hydroxylation is 1. The molecule has 2 rings (SSSR count). The summed E-state index contributed by atoms with van der Waals surface area (Å²) < 4.78 is 1.82. The predicted octanol–water partition coefficient (Wildman–Crippen LogP) is 2.25. The van der Waals surface area contributed by atoms with Crippen LogP contribution < -0.4 is 0 Å². The molecule has 0 unspecified atom stereocenters. The molecule has 2 aromatic rings. The molecule has 0 aliphatic carbocycles. The molecule has 0 saturated carbocycles. The smallest absolute Gasteiger partial charge is 0.303 e. The van der Waals surface area contributed by atoms with E-state index in [1.54, 1.807) is 0 Å². The minimum atomic E-state index is -0.765. The van der Waals surface area contributed by atoms with Crippen LogP contribution in [0.2, 0.25) is 0 Å². The van der Waals surface area contributed by atoms with E-state index in [1.165, 1.54) is 0 Å². The van der Waals surface area contributed by atoms with Gasteiger partial charge in [-0.3, -0.25) is 4.79 Å². The Morgan fingerprint density at radius 3 is 2.62 bits per heavy atom. The van der Waals surface area contributed by atoms with Crippen molar-refractivity contribution < 1.29 is 9.90 Å². The minimum absolute atomic E-state index is 0.184. The number of aliphatic carboxylic acids is 1. The number of tetrazole rings is 1. The maximum atomic E-state index is 10.5. The van der Waals surface area contributed by atoms with Gasteiger partial charge in [-0.05, 0) is 42.7 Å². The number of unbranched alkanes of at least 4 members (excludes halogenated alkanes) is 1. The van der Waals surface area contributed by atoms with Gasteiger partial charge >= 0.3 is 5.97 Å². The molecule has 1 N–H and O–H groups in total. The number of carboxylic acid groups (broad SMARTS) is 1. The second kappa shape index (κ2) is 6.47. The van der Waals surface area contributed by atoms with Crippen molar-refractivity contribution in [1.29, 1.82) is 0 Å². The highest BCUT2D eigenvalue weighted by molar-refractivity contribution is 5.66. The second-order valence-electron chi connectivity index (χ2n) is 5.53. The van der Waals surface area contributed by atoms with Crippen molar-refractivity contribution in [1.82, 2.24) is 20.2 Å². The van der Waals surface area contributed by atoms with Gasteiger partial charge in [-0.25, -0.2) is 4.68 Å². The Labute approximate surface area is 123 Å². The van der Waals surface area contributed by atoms with Crippen molar-refractivity contribution in [3.05, 3.63) is 41.7 Å². The van der Waals surface area contributed by atoms with Crippen LogP contribution >= 0.6 is 0 Å². The van der Waals surface area contributed by atoms with Crippen LogP contribution in [0, 0.1) is 0 Å². The quantitative estimate of drug-likeness (QED) is 0.790. The maximum absolute atomic E-state index is 10.5. The van der Waals surface area contributed by atoms with E-state index >= 15 is 0 Å². The van der Waals surface area contributed by atoms with Gasteiger partial charge in [-0.15, -0.1) is 5.10 Å². The average Bonchev–Trinajstić information content (AvgIpc) is 2.93. The van der Waals surface area contributed by atoms with E-state index in [2.05, 4.69) is 41.5 Å². The lowest BCUT2D eigenvalue weighted by molar-refractivity contribution is -0.137. The summed E-state index contributed by atoms with van der Waals surface area (Å²) >= 11 is 0. The van der Waals surface area contributed by atoms with Crippen molar-refractivity contribution in [2.75, 3.05) is 0 Å². The molecular formula is C15H20N4O2. The summed E-state index contributed by atoms with van der Waals surface area (Å²) in [7, 11) is 0. The van der Waals surface area contributed by atoms with E-state index in [-0.39, 0.29) is 12.0 Å². The van der Waals surface area contributed by atoms with Gasteiger partial charge in [0.05, 0.1) is 5.54 Å². The number of carboxylic acids is 1. The molecule has 1 heterocycles. The molecule has 0 atom stereocenters. The van der Waals surface area contributed by atoms with E-state index < -0.39 is 5.97 Å². The van der Waals surface area contributed by atoms with Crippen molar-refractivity contribution in [2.45, 2.75) is 45.1 Å². The van der Waals surface area contributed by atoms with Crippen molar-refractivity contribution >= 4 is 5.97 Å². The molecule has 0 saturated heterocycles. The summed E-state index contributed by atoms with van der Waals surface area (Å²) in [5.41, 5.74) is 0.788. The zero-order valence-electron chi connectivity index (χ0n) is 12.4. The lowest BCUT2D eigenvalue weighted by Crippen LogP contribution is -2.30. The van der Waals surface area contributed by atoms with Crippen LogP contribution in [0.25, 0.3) is 0 Å². The minimum Gasteiger partial charge on any atom is -0.481 e. The third-order valence-corrected chi connectivity index (χ3v) is 3.58. The molecule has 0 aliphatic rings. The third kappa shape index (κ3) is 3.65. The SMILES string of the molecule is CC(C)(c1ccccc1)n1nnnc1CCCCC(=O)O. The summed E-state index contributed by atoms with van der Waals surface area (Å²) in [4.78, 5) is 10.5. The average molecular weight is 288 g/mol. The van der Waals surface area contributed by atoms with Crippen LogP contribution in [0.4, 0.5) is 0 Å². The van der Waals surface area contributed by atoms with E-state index in [1.807, 2.05) is 22.9 Å². The van der Waals surface area contributed by atoms with Gasteiger partial charge in [0.2, 0.25) is 0 Å². The Morgan fingerprint density at radius 2 is 1.95 bits per heavy atom. The van der Waals surface area contributed by atoms with Gasteiger partial charge in [0, 0.05) is 12.8 Å². The summed E-state index contributed by atoms with van der Waals surface area (Å²) in [6, 6.07) is 10.1. The number of hydrogen-bond donors (Lipinski definition) is 1. The number of rotatable bonds is 7. The molecule has 1 aromatic carbocycles. The van der Waals surface area contributed by atoms with Crippen molar-refractivity contribution in [2.24, 2.45) is 0 Å². The molecule has 112 valence electrons. The fourth-order valence-electron chi connectivity index (χ4n) is 2.32. The van der Waals surface area contributed by atoms with E-state index in [0.29, 0.717) is 12.8 Å². The Morgan fingerprint density at radius 1 is 1.24 bits per heavy atom. The molecule has 0 spiro atoms. The number of aromatic nitrogens is 4. The third-order valence-electron chi connectivity index (χ3n) is 3.58. The molecule has 21 heavy (non-hydrogen) atoms. The summed E-state index contributed by atoms with van der Waals surface area (Å²) in [6.45, 7) is 4.14. The Bertz CT molecular complexity index is 593. The maximum Gasteiger partial charge on any atom is 0.303 e. The highest BCUT2D eigenvalue weighted by Crippen LogP contribution is 2.25. The van der Waals surface area contributed by atoms with Crippen LogP contribution in [-0.4, -0.2) is 31.3 Å². The first kappa shape index (κ1) is 15.2. The molecule has 0 fully saturated rings.